The van der Waals surface area contributed by atoms with Gasteiger partial charge in [0, 0.05) is 6.07 Å². The lowest BCUT2D eigenvalue weighted by Crippen LogP contribution is -2.21. The second-order valence-electron chi connectivity index (χ2n) is 7.47. The number of hydrogen-bond donors (Lipinski definition) is 0. The number of benzene rings is 2. The molecular weight excluding hydrogens is 410 g/mol. The molecule has 3 aromatic rings. The number of furan rings is 1. The number of hydrogen-bond acceptors (Lipinski definition) is 6. The molecule has 0 N–H and O–H groups in total. The molecule has 1 aliphatic heterocycles. The van der Waals surface area contributed by atoms with Crippen molar-refractivity contribution in [1.82, 2.24) is 0 Å². The molecule has 8 heteroatoms. The molecule has 0 spiro atoms. The fourth-order valence-corrected chi connectivity index (χ4v) is 3.43. The second kappa shape index (κ2) is 8.14. The summed E-state index contributed by atoms with van der Waals surface area (Å²) in [5.41, 5.74) is 4.43. The molecule has 0 aliphatic carbocycles. The van der Waals surface area contributed by atoms with E-state index in [9.17, 15) is 14.9 Å². The van der Waals surface area contributed by atoms with Crippen molar-refractivity contribution in [2.45, 2.75) is 20.8 Å². The van der Waals surface area contributed by atoms with E-state index in [1.165, 1.54) is 24.3 Å². The van der Waals surface area contributed by atoms with Gasteiger partial charge < -0.3 is 9.15 Å². The molecule has 0 saturated heterocycles. The summed E-state index contributed by atoms with van der Waals surface area (Å²) in [4.78, 5) is 23.5. The van der Waals surface area contributed by atoms with Crippen molar-refractivity contribution in [2.24, 2.45) is 5.10 Å². The van der Waals surface area contributed by atoms with Gasteiger partial charge in [-0.2, -0.15) is 10.1 Å². The number of nitrogens with zero attached hydrogens (tertiary/aromatic N) is 3. The topological polar surface area (TPSA) is 98.2 Å². The van der Waals surface area contributed by atoms with Crippen molar-refractivity contribution in [2.75, 3.05) is 12.1 Å². The first-order valence-corrected chi connectivity index (χ1v) is 9.90. The highest BCUT2D eigenvalue weighted by atomic mass is 16.6. The van der Waals surface area contributed by atoms with Crippen molar-refractivity contribution in [3.63, 3.8) is 0 Å². The SMILES string of the molecule is COc1cc([N+](=O)[O-])ccc1-c1ccc(/C=C2/C(=O)N(c3ccc(C)c(C)c3)N=C2C)o1. The van der Waals surface area contributed by atoms with Crippen LogP contribution in [0.3, 0.4) is 0 Å². The van der Waals surface area contributed by atoms with E-state index in [4.69, 9.17) is 9.15 Å². The summed E-state index contributed by atoms with van der Waals surface area (Å²) in [5.74, 6) is 1.01. The first-order valence-electron chi connectivity index (χ1n) is 9.90. The highest BCUT2D eigenvalue weighted by Crippen LogP contribution is 2.35. The molecule has 1 amide bonds. The van der Waals surface area contributed by atoms with Crippen molar-refractivity contribution in [3.05, 3.63) is 81.1 Å². The Morgan fingerprint density at radius 3 is 2.53 bits per heavy atom. The first-order chi connectivity index (χ1) is 15.3. The van der Waals surface area contributed by atoms with Gasteiger partial charge in [0.1, 0.15) is 17.3 Å². The number of aryl methyl sites for hydroxylation is 2. The van der Waals surface area contributed by atoms with Gasteiger partial charge in [-0.3, -0.25) is 14.9 Å². The van der Waals surface area contributed by atoms with Gasteiger partial charge in [0.2, 0.25) is 0 Å². The van der Waals surface area contributed by atoms with Crippen molar-refractivity contribution >= 4 is 29.1 Å². The molecule has 0 fully saturated rings. The first kappa shape index (κ1) is 21.0. The van der Waals surface area contributed by atoms with Crippen LogP contribution in [0.2, 0.25) is 0 Å². The van der Waals surface area contributed by atoms with Gasteiger partial charge in [0.25, 0.3) is 11.6 Å². The van der Waals surface area contributed by atoms with Gasteiger partial charge in [-0.15, -0.1) is 0 Å². The quantitative estimate of drug-likeness (QED) is 0.311. The van der Waals surface area contributed by atoms with E-state index in [0.29, 0.717) is 39.8 Å². The molecule has 0 bridgehead atoms. The number of hydrazone groups is 1. The van der Waals surface area contributed by atoms with Crippen LogP contribution >= 0.6 is 0 Å². The van der Waals surface area contributed by atoms with Crippen LogP contribution in [0.5, 0.6) is 5.75 Å². The predicted octanol–water partition coefficient (Wildman–Crippen LogP) is 5.29. The van der Waals surface area contributed by atoms with Gasteiger partial charge in [0.05, 0.1) is 40.6 Å². The van der Waals surface area contributed by atoms with E-state index in [-0.39, 0.29) is 11.6 Å². The van der Waals surface area contributed by atoms with Crippen LogP contribution in [-0.4, -0.2) is 23.7 Å². The summed E-state index contributed by atoms with van der Waals surface area (Å²) >= 11 is 0. The third-order valence-electron chi connectivity index (χ3n) is 5.37. The number of methoxy groups -OCH3 is 1. The molecule has 0 unspecified atom stereocenters. The van der Waals surface area contributed by atoms with E-state index >= 15 is 0 Å². The summed E-state index contributed by atoms with van der Waals surface area (Å²) in [7, 11) is 1.44. The van der Waals surface area contributed by atoms with Gasteiger partial charge >= 0.3 is 0 Å². The lowest BCUT2D eigenvalue weighted by molar-refractivity contribution is -0.384. The van der Waals surface area contributed by atoms with E-state index in [1.807, 2.05) is 32.0 Å². The molecule has 32 heavy (non-hydrogen) atoms. The van der Waals surface area contributed by atoms with Crippen LogP contribution in [-0.2, 0) is 4.79 Å². The minimum absolute atomic E-state index is 0.0747. The van der Waals surface area contributed by atoms with Gasteiger partial charge in [-0.25, -0.2) is 0 Å². The van der Waals surface area contributed by atoms with Crippen LogP contribution in [0, 0.1) is 24.0 Å². The van der Waals surface area contributed by atoms with Crippen molar-refractivity contribution < 1.29 is 18.9 Å². The molecule has 0 atom stereocenters. The Morgan fingerprint density at radius 2 is 1.84 bits per heavy atom. The Morgan fingerprint density at radius 1 is 1.06 bits per heavy atom. The Balaban J connectivity index is 1.64. The number of ether oxygens (including phenoxy) is 1. The fourth-order valence-electron chi connectivity index (χ4n) is 3.43. The Hall–Kier alpha value is -4.20. The van der Waals surface area contributed by atoms with Crippen LogP contribution < -0.4 is 9.75 Å². The van der Waals surface area contributed by atoms with E-state index < -0.39 is 4.92 Å². The second-order valence-corrected chi connectivity index (χ2v) is 7.47. The number of rotatable bonds is 5. The summed E-state index contributed by atoms with van der Waals surface area (Å²) in [6.07, 6.45) is 1.64. The van der Waals surface area contributed by atoms with Crippen molar-refractivity contribution in [3.8, 4) is 17.1 Å². The minimum Gasteiger partial charge on any atom is -0.496 e. The zero-order chi connectivity index (χ0) is 23.0. The molecule has 0 radical (unpaired) electrons. The highest BCUT2D eigenvalue weighted by Gasteiger charge is 2.29. The predicted molar refractivity (Wildman–Crippen MR) is 122 cm³/mol. The number of amides is 1. The molecular formula is C24H21N3O5. The lowest BCUT2D eigenvalue weighted by atomic mass is 10.1. The van der Waals surface area contributed by atoms with Gasteiger partial charge in [-0.05, 0) is 68.3 Å². The number of anilines is 1. The third-order valence-corrected chi connectivity index (χ3v) is 5.37. The molecule has 1 aromatic heterocycles. The number of carbonyl (C=O) groups is 1. The smallest absolute Gasteiger partial charge is 0.280 e. The molecule has 8 nitrogen and oxygen atoms in total. The number of carbonyl (C=O) groups excluding carboxylic acids is 1. The molecule has 0 saturated carbocycles. The molecule has 2 heterocycles. The average Bonchev–Trinajstić information content (AvgIpc) is 3.35. The molecule has 4 rings (SSSR count). The highest BCUT2D eigenvalue weighted by molar-refractivity contribution is 6.32. The van der Waals surface area contributed by atoms with Crippen LogP contribution in [0.4, 0.5) is 11.4 Å². The standard InChI is InChI=1S/C24H21N3O5/c1-14-5-6-17(11-15(14)2)26-24(28)21(16(3)25-26)13-19-8-10-22(32-19)20-9-7-18(27(29)30)12-23(20)31-4/h5-13H,1-4H3/b21-13+. The third kappa shape index (κ3) is 3.78. The van der Waals surface area contributed by atoms with Gasteiger partial charge in [0.15, 0.2) is 0 Å². The lowest BCUT2D eigenvalue weighted by Gasteiger charge is -2.13. The molecule has 162 valence electrons. The van der Waals surface area contributed by atoms with Gasteiger partial charge in [-0.1, -0.05) is 6.07 Å². The zero-order valence-corrected chi connectivity index (χ0v) is 18.1. The molecule has 1 aliphatic rings. The molecule has 2 aromatic carbocycles. The summed E-state index contributed by atoms with van der Waals surface area (Å²) in [6, 6.07) is 13.5. The Labute approximate surface area is 184 Å². The van der Waals surface area contributed by atoms with Crippen LogP contribution in [0.15, 0.2) is 63.6 Å². The summed E-state index contributed by atoms with van der Waals surface area (Å²) in [6.45, 7) is 5.77. The van der Waals surface area contributed by atoms with E-state index in [0.717, 1.165) is 11.1 Å². The monoisotopic (exact) mass is 431 g/mol. The maximum Gasteiger partial charge on any atom is 0.280 e. The maximum absolute atomic E-state index is 13.0. The van der Waals surface area contributed by atoms with Crippen LogP contribution in [0.25, 0.3) is 17.4 Å². The maximum atomic E-state index is 13.0. The number of nitro benzene ring substituents is 1. The average molecular weight is 431 g/mol. The summed E-state index contributed by atoms with van der Waals surface area (Å²) < 4.78 is 11.2. The van der Waals surface area contributed by atoms with E-state index in [2.05, 4.69) is 5.10 Å². The van der Waals surface area contributed by atoms with Crippen molar-refractivity contribution in [1.29, 1.82) is 0 Å². The zero-order valence-electron chi connectivity index (χ0n) is 18.1. The largest absolute Gasteiger partial charge is 0.496 e. The minimum atomic E-state index is -0.487. The number of nitro groups is 1. The normalized spacial score (nSPS) is 14.8. The Kier molecular flexibility index (Phi) is 5.36. The Bertz CT molecular complexity index is 1300. The number of non-ortho nitro benzene ring substituents is 1. The summed E-state index contributed by atoms with van der Waals surface area (Å²) in [5, 5.41) is 16.8. The van der Waals surface area contributed by atoms with E-state index in [1.54, 1.807) is 31.2 Å². The van der Waals surface area contributed by atoms with Crippen LogP contribution in [0.1, 0.15) is 23.8 Å². The fraction of sp³-hybridized carbons (Fsp3) is 0.167.